The summed E-state index contributed by atoms with van der Waals surface area (Å²) in [5.41, 5.74) is 2.00. The number of ether oxygens (including phenoxy) is 2. The molecule has 0 radical (unpaired) electrons. The first kappa shape index (κ1) is 17.0. The van der Waals surface area contributed by atoms with Crippen LogP contribution in [0.1, 0.15) is 24.3 Å². The van der Waals surface area contributed by atoms with E-state index < -0.39 is 11.9 Å². The van der Waals surface area contributed by atoms with E-state index in [4.69, 9.17) is 4.74 Å². The summed E-state index contributed by atoms with van der Waals surface area (Å²) in [5, 5.41) is 6.29. The summed E-state index contributed by atoms with van der Waals surface area (Å²) in [6.45, 7) is 2.02. The first-order valence-corrected chi connectivity index (χ1v) is 7.59. The molecule has 1 aliphatic rings. The number of carbonyl (C=O) groups excluding carboxylic acids is 2. The highest BCUT2D eigenvalue weighted by Gasteiger charge is 2.17. The molecule has 2 rings (SSSR count). The molecule has 0 unspecified atom stereocenters. The second-order valence-corrected chi connectivity index (χ2v) is 5.35. The lowest BCUT2D eigenvalue weighted by Gasteiger charge is -2.23. The lowest BCUT2D eigenvalue weighted by atomic mass is 9.90. The van der Waals surface area contributed by atoms with Crippen LogP contribution in [0.25, 0.3) is 0 Å². The third-order valence-electron chi connectivity index (χ3n) is 3.84. The Hall–Kier alpha value is -2.34. The molecule has 1 aromatic carbocycles. The maximum Gasteiger partial charge on any atom is 0.354 e. The van der Waals surface area contributed by atoms with Crippen LogP contribution in [0, 0.1) is 0 Å². The smallest absolute Gasteiger partial charge is 0.354 e. The molecule has 1 aromatic rings. The van der Waals surface area contributed by atoms with Crippen molar-refractivity contribution in [1.29, 1.82) is 0 Å². The molecule has 6 heteroatoms. The molecular formula is C17H22N2O4. The van der Waals surface area contributed by atoms with Crippen molar-refractivity contribution in [3.63, 3.8) is 0 Å². The van der Waals surface area contributed by atoms with Crippen LogP contribution >= 0.6 is 0 Å². The molecule has 23 heavy (non-hydrogen) atoms. The van der Waals surface area contributed by atoms with E-state index in [0.29, 0.717) is 5.92 Å². The van der Waals surface area contributed by atoms with Gasteiger partial charge in [-0.25, -0.2) is 9.59 Å². The SMILES string of the molecule is COC(=O)/C=C(/Nc1cccc(C2CCNCC2)c1)C(=O)OC. The van der Waals surface area contributed by atoms with E-state index in [1.54, 1.807) is 0 Å². The van der Waals surface area contributed by atoms with Crippen molar-refractivity contribution in [3.05, 3.63) is 41.6 Å². The Morgan fingerprint density at radius 2 is 1.96 bits per heavy atom. The number of hydrogen-bond acceptors (Lipinski definition) is 6. The Labute approximate surface area is 135 Å². The van der Waals surface area contributed by atoms with Crippen molar-refractivity contribution in [1.82, 2.24) is 5.32 Å². The summed E-state index contributed by atoms with van der Waals surface area (Å²) in [6.07, 6.45) is 3.26. The fraction of sp³-hybridized carbons (Fsp3) is 0.412. The molecule has 0 spiro atoms. The number of hydrogen-bond donors (Lipinski definition) is 2. The summed E-state index contributed by atoms with van der Waals surface area (Å²) < 4.78 is 9.25. The van der Waals surface area contributed by atoms with Gasteiger partial charge in [-0.05, 0) is 49.5 Å². The van der Waals surface area contributed by atoms with Crippen LogP contribution in [0.2, 0.25) is 0 Å². The zero-order valence-corrected chi connectivity index (χ0v) is 13.4. The molecule has 0 atom stereocenters. The van der Waals surface area contributed by atoms with E-state index in [9.17, 15) is 9.59 Å². The van der Waals surface area contributed by atoms with Crippen molar-refractivity contribution >= 4 is 17.6 Å². The number of nitrogens with one attached hydrogen (secondary N) is 2. The van der Waals surface area contributed by atoms with E-state index in [2.05, 4.69) is 21.4 Å². The predicted octanol–water partition coefficient (Wildman–Crippen LogP) is 1.80. The first-order valence-electron chi connectivity index (χ1n) is 7.59. The number of esters is 2. The largest absolute Gasteiger partial charge is 0.466 e. The maximum atomic E-state index is 11.8. The molecule has 0 aromatic heterocycles. The standard InChI is InChI=1S/C17H22N2O4/c1-22-16(20)11-15(17(21)23-2)19-14-5-3-4-13(10-14)12-6-8-18-9-7-12/h3-5,10-12,18-19H,6-9H2,1-2H3/b15-11+. The number of rotatable bonds is 5. The van der Waals surface area contributed by atoms with Crippen LogP contribution in [0.15, 0.2) is 36.0 Å². The van der Waals surface area contributed by atoms with Crippen molar-refractivity contribution in [2.45, 2.75) is 18.8 Å². The average molecular weight is 318 g/mol. The normalized spacial score (nSPS) is 15.8. The molecule has 124 valence electrons. The predicted molar refractivity (Wildman–Crippen MR) is 87.0 cm³/mol. The zero-order chi connectivity index (χ0) is 16.7. The van der Waals surface area contributed by atoms with Crippen LogP contribution in [0.4, 0.5) is 5.69 Å². The van der Waals surface area contributed by atoms with Crippen LogP contribution < -0.4 is 10.6 Å². The van der Waals surface area contributed by atoms with E-state index in [1.807, 2.05) is 18.2 Å². The summed E-state index contributed by atoms with van der Waals surface area (Å²) in [7, 11) is 2.52. The molecule has 1 aliphatic heterocycles. The average Bonchev–Trinajstić information content (AvgIpc) is 2.61. The van der Waals surface area contributed by atoms with Gasteiger partial charge in [-0.1, -0.05) is 12.1 Å². The quantitative estimate of drug-likeness (QED) is 0.637. The molecule has 1 fully saturated rings. The van der Waals surface area contributed by atoms with Gasteiger partial charge in [0.05, 0.1) is 20.3 Å². The molecule has 0 saturated carbocycles. The second kappa shape index (κ2) is 8.33. The summed E-state index contributed by atoms with van der Waals surface area (Å²) in [6, 6.07) is 7.87. The van der Waals surface area contributed by atoms with Crippen LogP contribution in [-0.4, -0.2) is 39.2 Å². The summed E-state index contributed by atoms with van der Waals surface area (Å²) in [5.74, 6) is -0.737. The highest BCUT2D eigenvalue weighted by molar-refractivity contribution is 5.98. The summed E-state index contributed by atoms with van der Waals surface area (Å²) in [4.78, 5) is 23.2. The van der Waals surface area contributed by atoms with Gasteiger partial charge < -0.3 is 20.1 Å². The third-order valence-corrected chi connectivity index (χ3v) is 3.84. The van der Waals surface area contributed by atoms with Gasteiger partial charge in [-0.15, -0.1) is 0 Å². The van der Waals surface area contributed by atoms with Crippen molar-refractivity contribution in [2.75, 3.05) is 32.6 Å². The highest BCUT2D eigenvalue weighted by atomic mass is 16.5. The molecule has 0 amide bonds. The third kappa shape index (κ3) is 4.82. The number of benzene rings is 1. The number of piperidine rings is 1. The van der Waals surface area contributed by atoms with E-state index in [1.165, 1.54) is 19.8 Å². The summed E-state index contributed by atoms with van der Waals surface area (Å²) >= 11 is 0. The molecule has 1 saturated heterocycles. The van der Waals surface area contributed by atoms with Crippen molar-refractivity contribution in [3.8, 4) is 0 Å². The minimum absolute atomic E-state index is 0.0433. The van der Waals surface area contributed by atoms with Gasteiger partial charge in [0.15, 0.2) is 0 Å². The highest BCUT2D eigenvalue weighted by Crippen LogP contribution is 2.27. The number of methoxy groups -OCH3 is 2. The molecule has 0 aliphatic carbocycles. The Morgan fingerprint density at radius 1 is 1.22 bits per heavy atom. The minimum atomic E-state index is -0.623. The van der Waals surface area contributed by atoms with Crippen molar-refractivity contribution in [2.24, 2.45) is 0 Å². The van der Waals surface area contributed by atoms with E-state index in [0.717, 1.165) is 37.7 Å². The Kier molecular flexibility index (Phi) is 6.17. The van der Waals surface area contributed by atoms with Crippen LogP contribution in [-0.2, 0) is 19.1 Å². The second-order valence-electron chi connectivity index (χ2n) is 5.35. The Bertz CT molecular complexity index is 592. The van der Waals surface area contributed by atoms with Gasteiger partial charge in [0.1, 0.15) is 5.70 Å². The minimum Gasteiger partial charge on any atom is -0.466 e. The van der Waals surface area contributed by atoms with Crippen molar-refractivity contribution < 1.29 is 19.1 Å². The zero-order valence-electron chi connectivity index (χ0n) is 13.4. The Balaban J connectivity index is 2.17. The fourth-order valence-electron chi connectivity index (χ4n) is 2.61. The number of anilines is 1. The van der Waals surface area contributed by atoms with Crippen LogP contribution in [0.3, 0.4) is 0 Å². The number of carbonyl (C=O) groups is 2. The van der Waals surface area contributed by atoms with Crippen LogP contribution in [0.5, 0.6) is 0 Å². The van der Waals surface area contributed by atoms with Gasteiger partial charge in [0.2, 0.25) is 0 Å². The first-order chi connectivity index (χ1) is 11.1. The molecular weight excluding hydrogens is 296 g/mol. The monoisotopic (exact) mass is 318 g/mol. The van der Waals surface area contributed by atoms with Gasteiger partial charge in [-0.3, -0.25) is 0 Å². The molecule has 1 heterocycles. The van der Waals surface area contributed by atoms with Gasteiger partial charge in [-0.2, -0.15) is 0 Å². The lowest BCUT2D eigenvalue weighted by molar-refractivity contribution is -0.138. The van der Waals surface area contributed by atoms with Gasteiger partial charge >= 0.3 is 11.9 Å². The van der Waals surface area contributed by atoms with E-state index in [-0.39, 0.29) is 5.70 Å². The molecule has 2 N–H and O–H groups in total. The fourth-order valence-corrected chi connectivity index (χ4v) is 2.61. The Morgan fingerprint density at radius 3 is 2.61 bits per heavy atom. The van der Waals surface area contributed by atoms with Gasteiger partial charge in [0, 0.05) is 5.69 Å². The molecule has 6 nitrogen and oxygen atoms in total. The van der Waals surface area contributed by atoms with E-state index >= 15 is 0 Å². The van der Waals surface area contributed by atoms with Gasteiger partial charge in [0.25, 0.3) is 0 Å². The lowest BCUT2D eigenvalue weighted by Crippen LogP contribution is -2.26. The molecule has 0 bridgehead atoms. The maximum absolute atomic E-state index is 11.8. The topological polar surface area (TPSA) is 76.7 Å².